The second-order valence-corrected chi connectivity index (χ2v) is 4.04. The average Bonchev–Trinajstić information content (AvgIpc) is 2.42. The van der Waals surface area contributed by atoms with Crippen molar-refractivity contribution < 1.29 is 9.53 Å². The lowest BCUT2D eigenvalue weighted by Gasteiger charge is -2.25. The minimum Gasteiger partial charge on any atom is -0.450 e. The highest BCUT2D eigenvalue weighted by atomic mass is 16.5. The minimum atomic E-state index is -0.328. The highest BCUT2D eigenvalue weighted by Crippen LogP contribution is 2.15. The summed E-state index contributed by atoms with van der Waals surface area (Å²) in [4.78, 5) is 13.7. The van der Waals surface area contributed by atoms with Gasteiger partial charge in [-0.25, -0.2) is 0 Å². The molecular formula is C14H18N2O2. The van der Waals surface area contributed by atoms with Crippen LogP contribution in [0.5, 0.6) is 0 Å². The summed E-state index contributed by atoms with van der Waals surface area (Å²) in [5.74, 6) is -0.579. The largest absolute Gasteiger partial charge is 0.450 e. The third-order valence-electron chi connectivity index (χ3n) is 2.68. The summed E-state index contributed by atoms with van der Waals surface area (Å²) in [5.41, 5.74) is 1.08. The predicted octanol–water partition coefficient (Wildman–Crippen LogP) is 2.22. The molecule has 0 fully saturated rings. The number of carbonyl (C=O) groups excluding carboxylic acids is 1. The molecule has 96 valence electrons. The van der Waals surface area contributed by atoms with E-state index in [1.165, 1.54) is 0 Å². The van der Waals surface area contributed by atoms with Crippen LogP contribution < -0.4 is 4.90 Å². The van der Waals surface area contributed by atoms with Gasteiger partial charge < -0.3 is 9.64 Å². The van der Waals surface area contributed by atoms with E-state index < -0.39 is 0 Å². The van der Waals surface area contributed by atoms with Crippen LogP contribution in [0, 0.1) is 17.2 Å². The van der Waals surface area contributed by atoms with Crippen LogP contribution in [0.2, 0.25) is 0 Å². The standard InChI is InChI=1S/C14H18N2O2/c1-3-16(13-7-5-4-6-8-13)11-12(2)14(17)18-10-9-15/h4-8,12H,3,10-11H2,1-2H3. The number of ether oxygens (including phenoxy) is 1. The molecule has 0 heterocycles. The first-order chi connectivity index (χ1) is 8.69. The van der Waals surface area contributed by atoms with E-state index in [0.29, 0.717) is 6.54 Å². The van der Waals surface area contributed by atoms with Crippen molar-refractivity contribution in [1.29, 1.82) is 5.26 Å². The van der Waals surface area contributed by atoms with Gasteiger partial charge in [-0.2, -0.15) is 5.26 Å². The highest BCUT2D eigenvalue weighted by Gasteiger charge is 2.17. The van der Waals surface area contributed by atoms with Gasteiger partial charge in [0.2, 0.25) is 0 Å². The van der Waals surface area contributed by atoms with E-state index in [-0.39, 0.29) is 18.5 Å². The Balaban J connectivity index is 2.59. The zero-order valence-corrected chi connectivity index (χ0v) is 10.8. The maximum Gasteiger partial charge on any atom is 0.311 e. The number of nitrogens with zero attached hydrogens (tertiary/aromatic N) is 2. The van der Waals surface area contributed by atoms with Crippen LogP contribution in [0.3, 0.4) is 0 Å². The zero-order chi connectivity index (χ0) is 13.4. The van der Waals surface area contributed by atoms with Crippen LogP contribution >= 0.6 is 0 Å². The first-order valence-corrected chi connectivity index (χ1v) is 6.02. The Labute approximate surface area is 108 Å². The van der Waals surface area contributed by atoms with Crippen molar-refractivity contribution in [2.24, 2.45) is 5.92 Å². The van der Waals surface area contributed by atoms with Gasteiger partial charge in [0.1, 0.15) is 6.07 Å². The van der Waals surface area contributed by atoms with Gasteiger partial charge in [0.25, 0.3) is 0 Å². The van der Waals surface area contributed by atoms with E-state index in [1.807, 2.05) is 44.2 Å². The Bertz CT molecular complexity index is 412. The lowest BCUT2D eigenvalue weighted by atomic mass is 10.1. The summed E-state index contributed by atoms with van der Waals surface area (Å²) in [5, 5.41) is 8.37. The van der Waals surface area contributed by atoms with E-state index in [9.17, 15) is 4.79 Å². The van der Waals surface area contributed by atoms with Crippen LogP contribution in [-0.4, -0.2) is 25.7 Å². The van der Waals surface area contributed by atoms with Crippen molar-refractivity contribution >= 4 is 11.7 Å². The van der Waals surface area contributed by atoms with Gasteiger partial charge in [0.05, 0.1) is 5.92 Å². The number of para-hydroxylation sites is 1. The van der Waals surface area contributed by atoms with Crippen LogP contribution in [0.1, 0.15) is 13.8 Å². The van der Waals surface area contributed by atoms with Crippen molar-refractivity contribution in [2.75, 3.05) is 24.6 Å². The summed E-state index contributed by atoms with van der Waals surface area (Å²) >= 11 is 0. The normalized spacial score (nSPS) is 11.4. The van der Waals surface area contributed by atoms with Gasteiger partial charge in [-0.1, -0.05) is 25.1 Å². The molecule has 0 saturated heterocycles. The van der Waals surface area contributed by atoms with E-state index >= 15 is 0 Å². The van der Waals surface area contributed by atoms with Gasteiger partial charge in [-0.05, 0) is 19.1 Å². The number of anilines is 1. The molecule has 0 amide bonds. The summed E-state index contributed by atoms with van der Waals surface area (Å²) in [6, 6.07) is 11.7. The third kappa shape index (κ3) is 4.10. The fourth-order valence-corrected chi connectivity index (χ4v) is 1.71. The maximum atomic E-state index is 11.6. The lowest BCUT2D eigenvalue weighted by molar-refractivity contribution is -0.146. The fraction of sp³-hybridized carbons (Fsp3) is 0.429. The highest BCUT2D eigenvalue weighted by molar-refractivity contribution is 5.73. The Hall–Kier alpha value is -2.02. The molecule has 0 radical (unpaired) electrons. The molecule has 0 bridgehead atoms. The molecule has 18 heavy (non-hydrogen) atoms. The summed E-state index contributed by atoms with van der Waals surface area (Å²) in [6.45, 7) is 5.08. The molecule has 0 saturated carbocycles. The van der Waals surface area contributed by atoms with Crippen LogP contribution in [0.15, 0.2) is 30.3 Å². The van der Waals surface area contributed by atoms with Crippen LogP contribution in [-0.2, 0) is 9.53 Å². The lowest BCUT2D eigenvalue weighted by Crippen LogP contribution is -2.32. The fourth-order valence-electron chi connectivity index (χ4n) is 1.71. The van der Waals surface area contributed by atoms with Crippen molar-refractivity contribution in [3.63, 3.8) is 0 Å². The monoisotopic (exact) mass is 246 g/mol. The molecule has 1 aromatic rings. The molecule has 4 nitrogen and oxygen atoms in total. The Kier molecular flexibility index (Phi) is 5.72. The number of esters is 1. The molecule has 1 aromatic carbocycles. The zero-order valence-electron chi connectivity index (χ0n) is 10.8. The Morgan fingerprint density at radius 1 is 1.44 bits per heavy atom. The van der Waals surface area contributed by atoms with Crippen LogP contribution in [0.4, 0.5) is 5.69 Å². The first kappa shape index (κ1) is 14.0. The van der Waals surface area contributed by atoms with Gasteiger partial charge in [-0.15, -0.1) is 0 Å². The van der Waals surface area contributed by atoms with Crippen molar-refractivity contribution in [2.45, 2.75) is 13.8 Å². The molecule has 4 heteroatoms. The second-order valence-electron chi connectivity index (χ2n) is 4.04. The van der Waals surface area contributed by atoms with Gasteiger partial charge >= 0.3 is 5.97 Å². The Morgan fingerprint density at radius 3 is 2.67 bits per heavy atom. The van der Waals surface area contributed by atoms with Crippen molar-refractivity contribution in [3.05, 3.63) is 30.3 Å². The van der Waals surface area contributed by atoms with Crippen molar-refractivity contribution in [3.8, 4) is 6.07 Å². The smallest absolute Gasteiger partial charge is 0.311 e. The molecule has 0 aromatic heterocycles. The molecule has 0 N–H and O–H groups in total. The molecular weight excluding hydrogens is 228 g/mol. The Morgan fingerprint density at radius 2 is 2.11 bits per heavy atom. The number of carbonyl (C=O) groups is 1. The molecule has 1 rings (SSSR count). The molecule has 0 aliphatic heterocycles. The average molecular weight is 246 g/mol. The molecule has 0 aliphatic carbocycles. The molecule has 1 unspecified atom stereocenters. The second kappa shape index (κ2) is 7.33. The van der Waals surface area contributed by atoms with Gasteiger partial charge in [-0.3, -0.25) is 4.79 Å². The SMILES string of the molecule is CCN(CC(C)C(=O)OCC#N)c1ccccc1. The number of rotatable bonds is 6. The summed E-state index contributed by atoms with van der Waals surface area (Å²) in [7, 11) is 0. The number of nitriles is 1. The molecule has 0 spiro atoms. The predicted molar refractivity (Wildman–Crippen MR) is 70.1 cm³/mol. The molecule has 0 aliphatic rings. The van der Waals surface area contributed by atoms with E-state index in [1.54, 1.807) is 6.07 Å². The maximum absolute atomic E-state index is 11.6. The quantitative estimate of drug-likeness (QED) is 0.722. The van der Waals surface area contributed by atoms with E-state index in [4.69, 9.17) is 10.00 Å². The summed E-state index contributed by atoms with van der Waals surface area (Å²) in [6.07, 6.45) is 0. The van der Waals surface area contributed by atoms with Crippen LogP contribution in [0.25, 0.3) is 0 Å². The topological polar surface area (TPSA) is 53.3 Å². The van der Waals surface area contributed by atoms with Gasteiger partial charge in [0, 0.05) is 18.8 Å². The van der Waals surface area contributed by atoms with Gasteiger partial charge in [0.15, 0.2) is 6.61 Å². The van der Waals surface area contributed by atoms with E-state index in [0.717, 1.165) is 12.2 Å². The molecule has 1 atom stereocenters. The summed E-state index contributed by atoms with van der Waals surface area (Å²) < 4.78 is 4.81. The number of hydrogen-bond acceptors (Lipinski definition) is 4. The third-order valence-corrected chi connectivity index (χ3v) is 2.68. The first-order valence-electron chi connectivity index (χ1n) is 6.02. The van der Waals surface area contributed by atoms with Crippen molar-refractivity contribution in [1.82, 2.24) is 0 Å². The number of benzene rings is 1. The number of hydrogen-bond donors (Lipinski definition) is 0. The van der Waals surface area contributed by atoms with E-state index in [2.05, 4.69) is 4.90 Å². The minimum absolute atomic E-state index is 0.180.